The van der Waals surface area contributed by atoms with E-state index in [1.807, 2.05) is 36.4 Å². The Morgan fingerprint density at radius 2 is 1.88 bits per heavy atom. The van der Waals surface area contributed by atoms with Gasteiger partial charge >= 0.3 is 0 Å². The summed E-state index contributed by atoms with van der Waals surface area (Å²) in [7, 11) is 0. The van der Waals surface area contributed by atoms with Crippen LogP contribution in [-0.2, 0) is 4.74 Å². The summed E-state index contributed by atoms with van der Waals surface area (Å²) in [4.78, 5) is 4.52. The molecule has 0 radical (unpaired) electrons. The van der Waals surface area contributed by atoms with Crippen LogP contribution in [0.2, 0.25) is 0 Å². The van der Waals surface area contributed by atoms with Gasteiger partial charge in [-0.2, -0.15) is 0 Å². The first kappa shape index (κ1) is 9.96. The maximum absolute atomic E-state index is 5.77. The predicted octanol–water partition coefficient (Wildman–Crippen LogP) is 1.54. The Balaban J connectivity index is 1.89. The molecule has 0 fully saturated rings. The third-order valence-corrected chi connectivity index (χ3v) is 2.86. The summed E-state index contributed by atoms with van der Waals surface area (Å²) in [6, 6.07) is 7.52. The number of nitrogens with zero attached hydrogens (tertiary/aromatic N) is 1. The van der Waals surface area contributed by atoms with Gasteiger partial charge < -0.3 is 16.2 Å². The van der Waals surface area contributed by atoms with Gasteiger partial charge in [0.15, 0.2) is 0 Å². The number of nitrogen functional groups attached to an aromatic ring is 1. The molecule has 17 heavy (non-hydrogen) atoms. The van der Waals surface area contributed by atoms with Crippen LogP contribution in [0.15, 0.2) is 52.9 Å². The van der Waals surface area contributed by atoms with Gasteiger partial charge in [0.2, 0.25) is 5.90 Å². The average Bonchev–Trinajstić information content (AvgIpc) is 2.72. The van der Waals surface area contributed by atoms with Crippen LogP contribution in [0, 0.1) is 0 Å². The molecule has 1 aliphatic carbocycles. The molecule has 4 N–H and O–H groups in total. The third-order valence-electron chi connectivity index (χ3n) is 2.86. The minimum Gasteiger partial charge on any atom is -0.441 e. The normalized spacial score (nSPS) is 22.1. The Labute approximate surface area is 99.3 Å². The molecular formula is C13H13N3O. The number of benzene rings is 1. The second kappa shape index (κ2) is 3.66. The summed E-state index contributed by atoms with van der Waals surface area (Å²) in [5.41, 5.74) is 13.9. The van der Waals surface area contributed by atoms with Gasteiger partial charge in [-0.1, -0.05) is 0 Å². The summed E-state index contributed by atoms with van der Waals surface area (Å²) in [5, 5.41) is 0. The number of rotatable bonds is 1. The molecule has 4 nitrogen and oxygen atoms in total. The Morgan fingerprint density at radius 1 is 1.12 bits per heavy atom. The largest absolute Gasteiger partial charge is 0.441 e. The molecule has 0 amide bonds. The molecule has 1 aromatic carbocycles. The number of hydrogen-bond acceptors (Lipinski definition) is 4. The molecule has 0 bridgehead atoms. The summed E-state index contributed by atoms with van der Waals surface area (Å²) in [5.74, 6) is 1.51. The van der Waals surface area contributed by atoms with E-state index in [9.17, 15) is 0 Å². The van der Waals surface area contributed by atoms with E-state index in [0.29, 0.717) is 5.90 Å². The van der Waals surface area contributed by atoms with Crippen LogP contribution in [0.3, 0.4) is 0 Å². The molecular weight excluding hydrogens is 214 g/mol. The van der Waals surface area contributed by atoms with Crippen LogP contribution < -0.4 is 11.5 Å². The minimum atomic E-state index is 0.0348. The maximum Gasteiger partial charge on any atom is 0.222 e. The number of hydrogen-bond donors (Lipinski definition) is 2. The zero-order chi connectivity index (χ0) is 11.8. The number of allylic oxidation sites excluding steroid dienone is 2. The zero-order valence-electron chi connectivity index (χ0n) is 9.26. The number of nitrogens with two attached hydrogens (primary N) is 2. The zero-order valence-corrected chi connectivity index (χ0v) is 9.26. The molecule has 2 aliphatic rings. The second-order valence-corrected chi connectivity index (χ2v) is 4.19. The molecule has 1 unspecified atom stereocenters. The van der Waals surface area contributed by atoms with Gasteiger partial charge in [-0.25, -0.2) is 4.99 Å². The number of anilines is 1. The maximum atomic E-state index is 5.77. The van der Waals surface area contributed by atoms with Crippen molar-refractivity contribution in [1.29, 1.82) is 0 Å². The van der Waals surface area contributed by atoms with E-state index in [4.69, 9.17) is 16.2 Å². The van der Waals surface area contributed by atoms with E-state index in [2.05, 4.69) is 4.99 Å². The highest BCUT2D eigenvalue weighted by Crippen LogP contribution is 2.28. The van der Waals surface area contributed by atoms with Crippen molar-refractivity contribution in [3.05, 3.63) is 53.4 Å². The second-order valence-electron chi connectivity index (χ2n) is 4.19. The fourth-order valence-electron chi connectivity index (χ4n) is 1.94. The van der Waals surface area contributed by atoms with Crippen molar-refractivity contribution < 1.29 is 4.74 Å². The van der Waals surface area contributed by atoms with Crippen molar-refractivity contribution in [3.8, 4) is 0 Å². The molecule has 1 heterocycles. The highest BCUT2D eigenvalue weighted by Gasteiger charge is 2.28. The van der Waals surface area contributed by atoms with Gasteiger partial charge in [0.05, 0.1) is 0 Å². The van der Waals surface area contributed by atoms with Gasteiger partial charge in [0.1, 0.15) is 11.8 Å². The van der Waals surface area contributed by atoms with Crippen LogP contribution in [0.4, 0.5) is 5.69 Å². The van der Waals surface area contributed by atoms with Crippen LogP contribution in [0.1, 0.15) is 12.0 Å². The van der Waals surface area contributed by atoms with Crippen molar-refractivity contribution in [2.45, 2.75) is 12.5 Å². The van der Waals surface area contributed by atoms with E-state index >= 15 is 0 Å². The van der Waals surface area contributed by atoms with Crippen LogP contribution in [0.5, 0.6) is 0 Å². The van der Waals surface area contributed by atoms with E-state index in [0.717, 1.165) is 29.1 Å². The van der Waals surface area contributed by atoms with E-state index in [-0.39, 0.29) is 6.04 Å². The lowest BCUT2D eigenvalue weighted by Crippen LogP contribution is -2.13. The standard InChI is InChI=1S/C13H13N3O/c14-9-3-1-8(2-4-9)13-16-11-7-10(15)5-6-12(11)17-13/h1-6,11H,7,14-15H2. The van der Waals surface area contributed by atoms with Crippen molar-refractivity contribution in [1.82, 2.24) is 0 Å². The SMILES string of the molecule is NC1=CC=C2OC(c3ccc(N)cc3)=NC2C1. The van der Waals surface area contributed by atoms with E-state index in [1.165, 1.54) is 0 Å². The number of ether oxygens (including phenoxy) is 1. The van der Waals surface area contributed by atoms with E-state index in [1.54, 1.807) is 0 Å². The fraction of sp³-hybridized carbons (Fsp3) is 0.154. The molecule has 0 saturated heterocycles. The molecule has 0 saturated carbocycles. The Bertz CT molecular complexity index is 540. The third kappa shape index (κ3) is 1.78. The average molecular weight is 227 g/mol. The molecule has 1 atom stereocenters. The molecule has 86 valence electrons. The van der Waals surface area contributed by atoms with Crippen LogP contribution >= 0.6 is 0 Å². The fourth-order valence-corrected chi connectivity index (χ4v) is 1.94. The van der Waals surface area contributed by atoms with Crippen LogP contribution in [-0.4, -0.2) is 11.9 Å². The van der Waals surface area contributed by atoms with Crippen molar-refractivity contribution in [2.24, 2.45) is 10.7 Å². The van der Waals surface area contributed by atoms with Gasteiger partial charge in [-0.05, 0) is 36.4 Å². The number of aliphatic imine (C=N–C) groups is 1. The van der Waals surface area contributed by atoms with Crippen molar-refractivity contribution in [2.75, 3.05) is 5.73 Å². The smallest absolute Gasteiger partial charge is 0.222 e. The summed E-state index contributed by atoms with van der Waals surface area (Å²) in [6.07, 6.45) is 4.48. The summed E-state index contributed by atoms with van der Waals surface area (Å²) >= 11 is 0. The van der Waals surface area contributed by atoms with E-state index < -0.39 is 0 Å². The lowest BCUT2D eigenvalue weighted by atomic mass is 10.1. The first-order valence-corrected chi connectivity index (χ1v) is 5.50. The minimum absolute atomic E-state index is 0.0348. The highest BCUT2D eigenvalue weighted by molar-refractivity contribution is 5.96. The molecule has 3 rings (SSSR count). The topological polar surface area (TPSA) is 73.6 Å². The Hall–Kier alpha value is -2.23. The highest BCUT2D eigenvalue weighted by atomic mass is 16.5. The molecule has 4 heteroatoms. The Morgan fingerprint density at radius 3 is 2.65 bits per heavy atom. The van der Waals surface area contributed by atoms with Gasteiger partial charge in [-0.3, -0.25) is 0 Å². The predicted molar refractivity (Wildman–Crippen MR) is 67.2 cm³/mol. The Kier molecular flexibility index (Phi) is 2.14. The first-order valence-electron chi connectivity index (χ1n) is 5.50. The van der Waals surface area contributed by atoms with Gasteiger partial charge in [0, 0.05) is 23.4 Å². The lowest BCUT2D eigenvalue weighted by Gasteiger charge is -2.11. The van der Waals surface area contributed by atoms with Gasteiger partial charge in [0.25, 0.3) is 0 Å². The van der Waals surface area contributed by atoms with Crippen LogP contribution in [0.25, 0.3) is 0 Å². The molecule has 0 spiro atoms. The van der Waals surface area contributed by atoms with Crippen molar-refractivity contribution in [3.63, 3.8) is 0 Å². The summed E-state index contributed by atoms with van der Waals surface area (Å²) in [6.45, 7) is 0. The molecule has 0 aromatic heterocycles. The summed E-state index contributed by atoms with van der Waals surface area (Å²) < 4.78 is 5.71. The number of fused-ring (bicyclic) bond motifs is 1. The monoisotopic (exact) mass is 227 g/mol. The van der Waals surface area contributed by atoms with Gasteiger partial charge in [-0.15, -0.1) is 0 Å². The molecule has 1 aromatic rings. The molecule has 1 aliphatic heterocycles. The van der Waals surface area contributed by atoms with Crippen molar-refractivity contribution >= 4 is 11.6 Å². The lowest BCUT2D eigenvalue weighted by molar-refractivity contribution is 0.411. The first-order chi connectivity index (χ1) is 8.22. The quantitative estimate of drug-likeness (QED) is 0.715.